The highest BCUT2D eigenvalue weighted by atomic mass is 79.9. The Hall–Kier alpha value is -1.82. The van der Waals surface area contributed by atoms with Gasteiger partial charge in [0, 0.05) is 41.6 Å². The van der Waals surface area contributed by atoms with E-state index in [9.17, 15) is 8.78 Å². The molecule has 0 unspecified atom stereocenters. The van der Waals surface area contributed by atoms with E-state index in [1.54, 1.807) is 24.0 Å². The molecule has 0 bridgehead atoms. The molecule has 2 aromatic heterocycles. The molecule has 1 aromatic carbocycles. The van der Waals surface area contributed by atoms with Gasteiger partial charge in [-0.25, -0.2) is 13.8 Å². The predicted molar refractivity (Wildman–Crippen MR) is 71.6 cm³/mol. The standard InChI is InChI=1S/C13H8BrF2N3/c1-19-12-4-10(16)9(15)3-11(12)18-13(19)7-2-8(14)6-17-5-7/h2-6H,1H3. The van der Waals surface area contributed by atoms with Crippen molar-refractivity contribution in [1.82, 2.24) is 14.5 Å². The number of aromatic nitrogens is 3. The van der Waals surface area contributed by atoms with Gasteiger partial charge >= 0.3 is 0 Å². The summed E-state index contributed by atoms with van der Waals surface area (Å²) in [4.78, 5) is 8.38. The maximum atomic E-state index is 13.3. The highest BCUT2D eigenvalue weighted by Gasteiger charge is 2.13. The molecule has 3 nitrogen and oxygen atoms in total. The Labute approximate surface area is 116 Å². The van der Waals surface area contributed by atoms with E-state index in [1.165, 1.54) is 0 Å². The summed E-state index contributed by atoms with van der Waals surface area (Å²) < 4.78 is 29.0. The third-order valence-corrected chi connectivity index (χ3v) is 3.32. The molecule has 0 amide bonds. The van der Waals surface area contributed by atoms with Crippen LogP contribution in [-0.2, 0) is 7.05 Å². The molecular weight excluding hydrogens is 316 g/mol. The van der Waals surface area contributed by atoms with E-state index < -0.39 is 11.6 Å². The van der Waals surface area contributed by atoms with Gasteiger partial charge in [0.25, 0.3) is 0 Å². The van der Waals surface area contributed by atoms with Crippen LogP contribution in [0.5, 0.6) is 0 Å². The summed E-state index contributed by atoms with van der Waals surface area (Å²) in [5, 5.41) is 0. The largest absolute Gasteiger partial charge is 0.327 e. The van der Waals surface area contributed by atoms with Crippen molar-refractivity contribution < 1.29 is 8.78 Å². The maximum absolute atomic E-state index is 13.3. The van der Waals surface area contributed by atoms with E-state index in [-0.39, 0.29) is 0 Å². The highest BCUT2D eigenvalue weighted by molar-refractivity contribution is 9.10. The molecule has 3 rings (SSSR count). The number of hydrogen-bond donors (Lipinski definition) is 0. The first-order chi connectivity index (χ1) is 9.06. The van der Waals surface area contributed by atoms with Gasteiger partial charge in [0.15, 0.2) is 11.6 Å². The molecule has 0 atom stereocenters. The quantitative estimate of drug-likeness (QED) is 0.684. The molecule has 0 saturated heterocycles. The highest BCUT2D eigenvalue weighted by Crippen LogP contribution is 2.26. The lowest BCUT2D eigenvalue weighted by Crippen LogP contribution is -1.93. The molecule has 0 fully saturated rings. The SMILES string of the molecule is Cn1c(-c2cncc(Br)c2)nc2cc(F)c(F)cc21. The zero-order valence-electron chi connectivity index (χ0n) is 9.86. The monoisotopic (exact) mass is 323 g/mol. The van der Waals surface area contributed by atoms with Crippen LogP contribution in [0.1, 0.15) is 0 Å². The molecule has 0 aliphatic carbocycles. The summed E-state index contributed by atoms with van der Waals surface area (Å²) in [7, 11) is 1.75. The number of hydrogen-bond acceptors (Lipinski definition) is 2. The Morgan fingerprint density at radius 2 is 1.84 bits per heavy atom. The molecular formula is C13H8BrF2N3. The van der Waals surface area contributed by atoms with Gasteiger partial charge in [0.05, 0.1) is 11.0 Å². The number of nitrogens with zero attached hydrogens (tertiary/aromatic N) is 3. The minimum Gasteiger partial charge on any atom is -0.327 e. The Bertz CT molecular complexity index is 783. The Balaban J connectivity index is 2.28. The molecule has 19 heavy (non-hydrogen) atoms. The minimum atomic E-state index is -0.899. The molecule has 0 spiro atoms. The van der Waals surface area contributed by atoms with Crippen LogP contribution in [0.25, 0.3) is 22.4 Å². The molecule has 0 radical (unpaired) electrons. The van der Waals surface area contributed by atoms with Crippen LogP contribution in [0.15, 0.2) is 35.1 Å². The number of halogens is 3. The second-order valence-corrected chi connectivity index (χ2v) is 5.06. The first kappa shape index (κ1) is 12.2. The van der Waals surface area contributed by atoms with Crippen molar-refractivity contribution in [3.05, 3.63) is 46.7 Å². The van der Waals surface area contributed by atoms with E-state index in [0.29, 0.717) is 16.9 Å². The van der Waals surface area contributed by atoms with E-state index in [2.05, 4.69) is 25.9 Å². The number of pyridine rings is 1. The fourth-order valence-electron chi connectivity index (χ4n) is 1.98. The second kappa shape index (κ2) is 4.38. The smallest absolute Gasteiger partial charge is 0.161 e. The van der Waals surface area contributed by atoms with Crippen LogP contribution >= 0.6 is 15.9 Å². The first-order valence-electron chi connectivity index (χ1n) is 5.48. The lowest BCUT2D eigenvalue weighted by atomic mass is 10.3. The van der Waals surface area contributed by atoms with Gasteiger partial charge in [-0.3, -0.25) is 4.98 Å². The molecule has 0 aliphatic heterocycles. The average Bonchev–Trinajstić information content (AvgIpc) is 2.68. The fraction of sp³-hybridized carbons (Fsp3) is 0.0769. The van der Waals surface area contributed by atoms with Crippen LogP contribution < -0.4 is 0 Å². The topological polar surface area (TPSA) is 30.7 Å². The summed E-state index contributed by atoms with van der Waals surface area (Å²) in [6, 6.07) is 4.09. The third kappa shape index (κ3) is 2.02. The van der Waals surface area contributed by atoms with Gasteiger partial charge in [-0.15, -0.1) is 0 Å². The Kier molecular flexibility index (Phi) is 2.82. The van der Waals surface area contributed by atoms with Gasteiger partial charge in [-0.2, -0.15) is 0 Å². The first-order valence-corrected chi connectivity index (χ1v) is 6.28. The number of fused-ring (bicyclic) bond motifs is 1. The summed E-state index contributed by atoms with van der Waals surface area (Å²) in [5.74, 6) is -1.17. The van der Waals surface area contributed by atoms with Crippen molar-refractivity contribution in [2.75, 3.05) is 0 Å². The lowest BCUT2D eigenvalue weighted by molar-refractivity contribution is 0.510. The molecule has 6 heteroatoms. The van der Waals surface area contributed by atoms with Gasteiger partial charge in [-0.1, -0.05) is 0 Å². The van der Waals surface area contributed by atoms with Crippen LogP contribution in [0.3, 0.4) is 0 Å². The van der Waals surface area contributed by atoms with Crippen molar-refractivity contribution in [3.8, 4) is 11.4 Å². The Morgan fingerprint density at radius 3 is 2.58 bits per heavy atom. The summed E-state index contributed by atoms with van der Waals surface area (Å²) in [6.07, 6.45) is 3.31. The number of imidazole rings is 1. The van der Waals surface area contributed by atoms with Crippen molar-refractivity contribution in [1.29, 1.82) is 0 Å². The zero-order valence-corrected chi connectivity index (χ0v) is 11.4. The van der Waals surface area contributed by atoms with E-state index in [1.807, 2.05) is 6.07 Å². The summed E-state index contributed by atoms with van der Waals surface area (Å²) in [6.45, 7) is 0. The maximum Gasteiger partial charge on any atom is 0.161 e. The van der Waals surface area contributed by atoms with Crippen LogP contribution in [0.4, 0.5) is 8.78 Å². The van der Waals surface area contributed by atoms with Gasteiger partial charge in [-0.05, 0) is 22.0 Å². The third-order valence-electron chi connectivity index (χ3n) is 2.89. The predicted octanol–water partition coefficient (Wildman–Crippen LogP) is 3.68. The van der Waals surface area contributed by atoms with E-state index >= 15 is 0 Å². The van der Waals surface area contributed by atoms with E-state index in [0.717, 1.165) is 22.2 Å². The van der Waals surface area contributed by atoms with E-state index in [4.69, 9.17) is 0 Å². The van der Waals surface area contributed by atoms with Crippen molar-refractivity contribution >= 4 is 27.0 Å². The molecule has 0 N–H and O–H groups in total. The normalized spacial score (nSPS) is 11.2. The van der Waals surface area contributed by atoms with Gasteiger partial charge in [0.2, 0.25) is 0 Å². The molecule has 96 valence electrons. The van der Waals surface area contributed by atoms with Crippen LogP contribution in [0, 0.1) is 11.6 Å². The Morgan fingerprint density at radius 1 is 1.11 bits per heavy atom. The minimum absolute atomic E-state index is 0.413. The van der Waals surface area contributed by atoms with Gasteiger partial charge < -0.3 is 4.57 Å². The van der Waals surface area contributed by atoms with Crippen molar-refractivity contribution in [2.24, 2.45) is 7.05 Å². The molecule has 0 aliphatic rings. The molecule has 0 saturated carbocycles. The fourth-order valence-corrected chi connectivity index (χ4v) is 2.34. The summed E-state index contributed by atoms with van der Waals surface area (Å²) >= 11 is 3.33. The summed E-state index contributed by atoms with van der Waals surface area (Å²) in [5.41, 5.74) is 1.72. The van der Waals surface area contributed by atoms with Crippen LogP contribution in [0.2, 0.25) is 0 Å². The van der Waals surface area contributed by atoms with Crippen molar-refractivity contribution in [2.45, 2.75) is 0 Å². The average molecular weight is 324 g/mol. The van der Waals surface area contributed by atoms with Crippen molar-refractivity contribution in [3.63, 3.8) is 0 Å². The number of aryl methyl sites for hydroxylation is 1. The van der Waals surface area contributed by atoms with Crippen LogP contribution in [-0.4, -0.2) is 14.5 Å². The molecule has 3 aromatic rings. The number of benzene rings is 1. The lowest BCUT2D eigenvalue weighted by Gasteiger charge is -2.02. The second-order valence-electron chi connectivity index (χ2n) is 4.14. The molecule has 2 heterocycles. The number of rotatable bonds is 1. The zero-order chi connectivity index (χ0) is 13.6. The van der Waals surface area contributed by atoms with Gasteiger partial charge in [0.1, 0.15) is 5.82 Å².